The topological polar surface area (TPSA) is 84.5 Å². The average Bonchev–Trinajstić information content (AvgIpc) is 2.95. The van der Waals surface area contributed by atoms with E-state index in [2.05, 4.69) is 15.4 Å². The van der Waals surface area contributed by atoms with Gasteiger partial charge in [-0.2, -0.15) is 0 Å². The predicted molar refractivity (Wildman–Crippen MR) is 75.4 cm³/mol. The van der Waals surface area contributed by atoms with Crippen LogP contribution in [0.5, 0.6) is 0 Å². The standard InChI is InChI=1S/C13H18N2O4S/c1-8(2)11(13(18)14-7-10(16)19-3)15-12(17)9-5-4-6-20-9/h4-6,8,11H,7H2,1-3H3,(H,14,18)(H,15,17). The SMILES string of the molecule is COC(=O)CNC(=O)C(NC(=O)c1cccs1)C(C)C. The number of thiophene rings is 1. The molecule has 0 radical (unpaired) electrons. The molecule has 2 amide bonds. The second-order valence-corrected chi connectivity index (χ2v) is 5.41. The minimum absolute atomic E-state index is 0.100. The van der Waals surface area contributed by atoms with Gasteiger partial charge < -0.3 is 15.4 Å². The van der Waals surface area contributed by atoms with Crippen LogP contribution in [0.15, 0.2) is 17.5 Å². The third-order valence-electron chi connectivity index (χ3n) is 2.62. The van der Waals surface area contributed by atoms with E-state index >= 15 is 0 Å². The zero-order valence-electron chi connectivity index (χ0n) is 11.6. The van der Waals surface area contributed by atoms with Crippen LogP contribution < -0.4 is 10.6 Å². The van der Waals surface area contributed by atoms with Crippen LogP contribution >= 0.6 is 11.3 Å². The number of hydrogen-bond donors (Lipinski definition) is 2. The third kappa shape index (κ3) is 4.65. The van der Waals surface area contributed by atoms with Crippen molar-refractivity contribution in [1.29, 1.82) is 0 Å². The summed E-state index contributed by atoms with van der Waals surface area (Å²) in [6.07, 6.45) is 0. The number of amides is 2. The summed E-state index contributed by atoms with van der Waals surface area (Å²) in [5, 5.41) is 6.90. The molecule has 1 rings (SSSR count). The minimum atomic E-state index is -0.700. The lowest BCUT2D eigenvalue weighted by Crippen LogP contribution is -2.50. The Kier molecular flexibility index (Phi) is 6.17. The van der Waals surface area contributed by atoms with Gasteiger partial charge in [-0.3, -0.25) is 14.4 Å². The van der Waals surface area contributed by atoms with E-state index in [0.29, 0.717) is 4.88 Å². The summed E-state index contributed by atoms with van der Waals surface area (Å²) in [6.45, 7) is 3.42. The van der Waals surface area contributed by atoms with E-state index in [4.69, 9.17) is 0 Å². The lowest BCUT2D eigenvalue weighted by atomic mass is 10.0. The summed E-state index contributed by atoms with van der Waals surface area (Å²) in [6, 6.07) is 2.75. The number of esters is 1. The molecule has 2 N–H and O–H groups in total. The zero-order chi connectivity index (χ0) is 15.1. The quantitative estimate of drug-likeness (QED) is 0.761. The normalized spacial score (nSPS) is 11.8. The van der Waals surface area contributed by atoms with Gasteiger partial charge >= 0.3 is 5.97 Å². The van der Waals surface area contributed by atoms with Crippen molar-refractivity contribution in [1.82, 2.24) is 10.6 Å². The second-order valence-electron chi connectivity index (χ2n) is 4.47. The number of nitrogens with one attached hydrogen (secondary N) is 2. The van der Waals surface area contributed by atoms with Gasteiger partial charge in [0, 0.05) is 0 Å². The van der Waals surface area contributed by atoms with Crippen LogP contribution in [-0.4, -0.2) is 37.5 Å². The van der Waals surface area contributed by atoms with Gasteiger partial charge in [0.05, 0.1) is 12.0 Å². The van der Waals surface area contributed by atoms with Crippen molar-refractivity contribution in [3.8, 4) is 0 Å². The number of carbonyl (C=O) groups excluding carboxylic acids is 3. The highest BCUT2D eigenvalue weighted by Gasteiger charge is 2.25. The summed E-state index contributed by atoms with van der Waals surface area (Å²) in [7, 11) is 1.24. The third-order valence-corrected chi connectivity index (χ3v) is 3.48. The van der Waals surface area contributed by atoms with Crippen LogP contribution in [0.2, 0.25) is 0 Å². The second kappa shape index (κ2) is 7.64. The Bertz CT molecular complexity index is 471. The zero-order valence-corrected chi connectivity index (χ0v) is 12.5. The van der Waals surface area contributed by atoms with Crippen molar-refractivity contribution in [3.63, 3.8) is 0 Å². The van der Waals surface area contributed by atoms with Crippen LogP contribution in [0.4, 0.5) is 0 Å². The van der Waals surface area contributed by atoms with E-state index < -0.39 is 17.9 Å². The molecule has 1 aromatic rings. The molecule has 0 aliphatic carbocycles. The fourth-order valence-corrected chi connectivity index (χ4v) is 2.12. The molecule has 7 heteroatoms. The molecule has 1 heterocycles. The van der Waals surface area contributed by atoms with Crippen LogP contribution in [-0.2, 0) is 14.3 Å². The smallest absolute Gasteiger partial charge is 0.325 e. The van der Waals surface area contributed by atoms with E-state index in [1.165, 1.54) is 18.4 Å². The highest BCUT2D eigenvalue weighted by Crippen LogP contribution is 2.10. The van der Waals surface area contributed by atoms with Gasteiger partial charge in [-0.15, -0.1) is 11.3 Å². The highest BCUT2D eigenvalue weighted by molar-refractivity contribution is 7.12. The fourth-order valence-electron chi connectivity index (χ4n) is 1.50. The van der Waals surface area contributed by atoms with Crippen molar-refractivity contribution in [2.75, 3.05) is 13.7 Å². The predicted octanol–water partition coefficient (Wildman–Crippen LogP) is 0.792. The molecule has 0 saturated carbocycles. The van der Waals surface area contributed by atoms with E-state index in [1.54, 1.807) is 17.5 Å². The van der Waals surface area contributed by atoms with E-state index in [9.17, 15) is 14.4 Å². The molecule has 1 unspecified atom stereocenters. The van der Waals surface area contributed by atoms with Gasteiger partial charge in [0.25, 0.3) is 5.91 Å². The van der Waals surface area contributed by atoms with Crippen molar-refractivity contribution in [2.24, 2.45) is 5.92 Å². The molecule has 0 fully saturated rings. The maximum atomic E-state index is 12.0. The van der Waals surface area contributed by atoms with Crippen molar-refractivity contribution >= 4 is 29.1 Å². The first-order valence-electron chi connectivity index (χ1n) is 6.14. The fraction of sp³-hybridized carbons (Fsp3) is 0.462. The van der Waals surface area contributed by atoms with Crippen LogP contribution in [0.1, 0.15) is 23.5 Å². The molecule has 110 valence electrons. The van der Waals surface area contributed by atoms with Crippen LogP contribution in [0.25, 0.3) is 0 Å². The molecule has 20 heavy (non-hydrogen) atoms. The van der Waals surface area contributed by atoms with Crippen LogP contribution in [0.3, 0.4) is 0 Å². The molecule has 0 saturated heterocycles. The molecular weight excluding hydrogens is 280 g/mol. The molecule has 0 spiro atoms. The van der Waals surface area contributed by atoms with Gasteiger partial charge in [0.1, 0.15) is 12.6 Å². The van der Waals surface area contributed by atoms with Gasteiger partial charge in [-0.1, -0.05) is 19.9 Å². The van der Waals surface area contributed by atoms with Gasteiger partial charge in [0.2, 0.25) is 5.91 Å². The summed E-state index contributed by atoms with van der Waals surface area (Å²) in [4.78, 5) is 35.5. The lowest BCUT2D eigenvalue weighted by molar-refractivity contribution is -0.141. The minimum Gasteiger partial charge on any atom is -0.468 e. The number of rotatable bonds is 6. The van der Waals surface area contributed by atoms with Crippen molar-refractivity contribution < 1.29 is 19.1 Å². The Morgan fingerprint density at radius 3 is 2.55 bits per heavy atom. The Labute approximate surface area is 121 Å². The van der Waals surface area contributed by atoms with E-state index in [0.717, 1.165) is 0 Å². The number of hydrogen-bond acceptors (Lipinski definition) is 5. The maximum absolute atomic E-state index is 12.0. The molecular formula is C13H18N2O4S. The molecule has 0 aliphatic rings. The van der Waals surface area contributed by atoms with Crippen LogP contribution in [0, 0.1) is 5.92 Å². The Hall–Kier alpha value is -1.89. The average molecular weight is 298 g/mol. The van der Waals surface area contributed by atoms with Gasteiger partial charge in [0.15, 0.2) is 0 Å². The van der Waals surface area contributed by atoms with E-state index in [-0.39, 0.29) is 18.4 Å². The number of carbonyl (C=O) groups is 3. The summed E-state index contributed by atoms with van der Waals surface area (Å²) in [5.74, 6) is -1.34. The monoisotopic (exact) mass is 298 g/mol. The summed E-state index contributed by atoms with van der Waals surface area (Å²) < 4.78 is 4.44. The summed E-state index contributed by atoms with van der Waals surface area (Å²) in [5.41, 5.74) is 0. The molecule has 0 aromatic carbocycles. The Morgan fingerprint density at radius 2 is 2.05 bits per heavy atom. The maximum Gasteiger partial charge on any atom is 0.325 e. The molecule has 1 atom stereocenters. The molecule has 0 bridgehead atoms. The van der Waals surface area contributed by atoms with Gasteiger partial charge in [-0.05, 0) is 17.4 Å². The molecule has 1 aromatic heterocycles. The largest absolute Gasteiger partial charge is 0.468 e. The summed E-state index contributed by atoms with van der Waals surface area (Å²) >= 11 is 1.30. The van der Waals surface area contributed by atoms with Gasteiger partial charge in [-0.25, -0.2) is 0 Å². The lowest BCUT2D eigenvalue weighted by Gasteiger charge is -2.21. The number of ether oxygens (including phenoxy) is 1. The Morgan fingerprint density at radius 1 is 1.35 bits per heavy atom. The first-order valence-corrected chi connectivity index (χ1v) is 7.02. The first-order chi connectivity index (χ1) is 9.45. The molecule has 0 aliphatic heterocycles. The highest BCUT2D eigenvalue weighted by atomic mass is 32.1. The van der Waals surface area contributed by atoms with E-state index in [1.807, 2.05) is 13.8 Å². The Balaban J connectivity index is 2.62. The number of methoxy groups -OCH3 is 1. The molecule has 6 nitrogen and oxygen atoms in total. The van der Waals surface area contributed by atoms with Crippen molar-refractivity contribution in [3.05, 3.63) is 22.4 Å². The van der Waals surface area contributed by atoms with Crippen molar-refractivity contribution in [2.45, 2.75) is 19.9 Å². The first kappa shape index (κ1) is 16.2.